The number of nitrogens with one attached hydrogen (secondary N) is 1. The van der Waals surface area contributed by atoms with E-state index in [4.69, 9.17) is 9.47 Å². The SMILES string of the molecule is CCOCC1CCN(C(=NC)NCCOC2CCCCCC2)C1.I. The second kappa shape index (κ2) is 13.2. The molecule has 2 aliphatic rings. The number of aliphatic imine (C=N–C) groups is 1. The molecule has 1 aliphatic carbocycles. The highest BCUT2D eigenvalue weighted by Crippen LogP contribution is 2.19. The third-order valence-electron chi connectivity index (χ3n) is 4.90. The molecule has 2 fully saturated rings. The van der Waals surface area contributed by atoms with Crippen LogP contribution in [0.1, 0.15) is 51.9 Å². The molecule has 1 aliphatic heterocycles. The van der Waals surface area contributed by atoms with Gasteiger partial charge in [0.15, 0.2) is 5.96 Å². The number of ether oxygens (including phenoxy) is 2. The van der Waals surface area contributed by atoms with E-state index in [2.05, 4.69) is 22.1 Å². The van der Waals surface area contributed by atoms with E-state index < -0.39 is 0 Å². The predicted octanol–water partition coefficient (Wildman–Crippen LogP) is 3.28. The number of hydrogen-bond donors (Lipinski definition) is 1. The Bertz CT molecular complexity index is 347. The van der Waals surface area contributed by atoms with Crippen LogP contribution < -0.4 is 5.32 Å². The molecule has 6 heteroatoms. The van der Waals surface area contributed by atoms with Crippen molar-refractivity contribution < 1.29 is 9.47 Å². The van der Waals surface area contributed by atoms with Crippen LogP contribution in [0, 0.1) is 5.92 Å². The highest BCUT2D eigenvalue weighted by Gasteiger charge is 2.24. The van der Waals surface area contributed by atoms with Gasteiger partial charge in [0.2, 0.25) is 0 Å². The van der Waals surface area contributed by atoms with Crippen molar-refractivity contribution in [3.63, 3.8) is 0 Å². The summed E-state index contributed by atoms with van der Waals surface area (Å²) >= 11 is 0. The monoisotopic (exact) mass is 453 g/mol. The number of rotatable bonds is 7. The van der Waals surface area contributed by atoms with Gasteiger partial charge in [0, 0.05) is 39.2 Å². The highest BCUT2D eigenvalue weighted by molar-refractivity contribution is 14.0. The number of hydrogen-bond acceptors (Lipinski definition) is 3. The molecule has 1 atom stereocenters. The van der Waals surface area contributed by atoms with Crippen LogP contribution in [0.3, 0.4) is 0 Å². The molecule has 1 saturated carbocycles. The first-order valence-corrected chi connectivity index (χ1v) is 9.48. The van der Waals surface area contributed by atoms with Gasteiger partial charge in [0.05, 0.1) is 19.3 Å². The fourth-order valence-corrected chi connectivity index (χ4v) is 3.57. The molecule has 2 rings (SSSR count). The minimum atomic E-state index is 0. The largest absolute Gasteiger partial charge is 0.381 e. The van der Waals surface area contributed by atoms with Crippen molar-refractivity contribution in [3.8, 4) is 0 Å². The van der Waals surface area contributed by atoms with Crippen LogP contribution in [-0.2, 0) is 9.47 Å². The number of halogens is 1. The predicted molar refractivity (Wildman–Crippen MR) is 110 cm³/mol. The molecule has 5 nitrogen and oxygen atoms in total. The Morgan fingerprint density at radius 2 is 1.92 bits per heavy atom. The van der Waals surface area contributed by atoms with Crippen molar-refractivity contribution in [3.05, 3.63) is 0 Å². The first-order chi connectivity index (χ1) is 11.3. The van der Waals surface area contributed by atoms with Gasteiger partial charge >= 0.3 is 0 Å². The summed E-state index contributed by atoms with van der Waals surface area (Å²) in [5.74, 6) is 1.64. The van der Waals surface area contributed by atoms with Crippen LogP contribution in [-0.4, -0.2) is 63.5 Å². The first kappa shape index (κ1) is 22.0. The number of likely N-dealkylation sites (tertiary alicyclic amines) is 1. The quantitative estimate of drug-likeness (QED) is 0.211. The van der Waals surface area contributed by atoms with Gasteiger partial charge in [-0.15, -0.1) is 24.0 Å². The number of nitrogens with zero attached hydrogens (tertiary/aromatic N) is 2. The Morgan fingerprint density at radius 1 is 1.17 bits per heavy atom. The molecule has 1 saturated heterocycles. The molecular weight excluding hydrogens is 417 g/mol. The van der Waals surface area contributed by atoms with Gasteiger partial charge in [-0.05, 0) is 26.2 Å². The van der Waals surface area contributed by atoms with E-state index in [1.807, 2.05) is 7.05 Å². The molecule has 1 heterocycles. The summed E-state index contributed by atoms with van der Waals surface area (Å²) in [6, 6.07) is 0. The maximum Gasteiger partial charge on any atom is 0.193 e. The van der Waals surface area contributed by atoms with Crippen molar-refractivity contribution >= 4 is 29.9 Å². The zero-order valence-electron chi connectivity index (χ0n) is 15.5. The lowest BCUT2D eigenvalue weighted by molar-refractivity contribution is 0.0466. The average Bonchev–Trinajstić information content (AvgIpc) is 2.88. The molecule has 0 radical (unpaired) electrons. The summed E-state index contributed by atoms with van der Waals surface area (Å²) in [6.45, 7) is 7.47. The van der Waals surface area contributed by atoms with E-state index in [1.165, 1.54) is 44.9 Å². The summed E-state index contributed by atoms with van der Waals surface area (Å²) in [5.41, 5.74) is 0. The van der Waals surface area contributed by atoms with Gasteiger partial charge in [0.1, 0.15) is 0 Å². The van der Waals surface area contributed by atoms with E-state index >= 15 is 0 Å². The maximum atomic E-state index is 6.04. The fourth-order valence-electron chi connectivity index (χ4n) is 3.57. The highest BCUT2D eigenvalue weighted by atomic mass is 127. The molecule has 0 aromatic rings. The summed E-state index contributed by atoms with van der Waals surface area (Å²) in [7, 11) is 1.87. The van der Waals surface area contributed by atoms with Gasteiger partial charge < -0.3 is 19.7 Å². The van der Waals surface area contributed by atoms with Crippen LogP contribution in [0.5, 0.6) is 0 Å². The van der Waals surface area contributed by atoms with Crippen LogP contribution >= 0.6 is 24.0 Å². The maximum absolute atomic E-state index is 6.04. The zero-order valence-corrected chi connectivity index (χ0v) is 17.8. The van der Waals surface area contributed by atoms with Gasteiger partial charge in [-0.2, -0.15) is 0 Å². The standard InChI is InChI=1S/C18H35N3O2.HI/c1-3-22-15-16-10-12-21(14-16)18(19-2)20-11-13-23-17-8-6-4-5-7-9-17;/h16-17H,3-15H2,1-2H3,(H,19,20);1H. The lowest BCUT2D eigenvalue weighted by Crippen LogP contribution is -2.41. The molecule has 0 bridgehead atoms. The van der Waals surface area contributed by atoms with Crippen LogP contribution in [0.4, 0.5) is 0 Å². The normalized spacial score (nSPS) is 23.0. The minimum absolute atomic E-state index is 0. The zero-order chi connectivity index (χ0) is 16.3. The molecule has 0 aromatic carbocycles. The van der Waals surface area contributed by atoms with E-state index in [0.29, 0.717) is 12.0 Å². The molecule has 0 spiro atoms. The van der Waals surface area contributed by atoms with Gasteiger partial charge in [-0.25, -0.2) is 0 Å². The third kappa shape index (κ3) is 7.87. The van der Waals surface area contributed by atoms with Crippen LogP contribution in [0.2, 0.25) is 0 Å². The molecule has 1 N–H and O–H groups in total. The number of guanidine groups is 1. The average molecular weight is 453 g/mol. The topological polar surface area (TPSA) is 46.1 Å². The molecule has 142 valence electrons. The lowest BCUT2D eigenvalue weighted by Gasteiger charge is -2.22. The van der Waals surface area contributed by atoms with Crippen molar-refractivity contribution in [2.45, 2.75) is 58.0 Å². The van der Waals surface area contributed by atoms with Crippen LogP contribution in [0.15, 0.2) is 4.99 Å². The van der Waals surface area contributed by atoms with E-state index in [9.17, 15) is 0 Å². The van der Waals surface area contributed by atoms with Gasteiger partial charge in [-0.3, -0.25) is 4.99 Å². The Kier molecular flexibility index (Phi) is 12.0. The Balaban J connectivity index is 0.00000288. The Labute approximate surface area is 165 Å². The van der Waals surface area contributed by atoms with Crippen LogP contribution in [0.25, 0.3) is 0 Å². The summed E-state index contributed by atoms with van der Waals surface area (Å²) < 4.78 is 11.6. The lowest BCUT2D eigenvalue weighted by atomic mass is 10.1. The Hall–Kier alpha value is -0.0800. The molecular formula is C18H36IN3O2. The summed E-state index contributed by atoms with van der Waals surface area (Å²) in [5, 5.41) is 3.45. The Morgan fingerprint density at radius 3 is 2.58 bits per heavy atom. The van der Waals surface area contributed by atoms with E-state index in [-0.39, 0.29) is 24.0 Å². The molecule has 0 aromatic heterocycles. The fraction of sp³-hybridized carbons (Fsp3) is 0.944. The second-order valence-electron chi connectivity index (χ2n) is 6.72. The second-order valence-corrected chi connectivity index (χ2v) is 6.72. The first-order valence-electron chi connectivity index (χ1n) is 9.48. The van der Waals surface area contributed by atoms with Crippen molar-refractivity contribution in [1.29, 1.82) is 0 Å². The smallest absolute Gasteiger partial charge is 0.193 e. The van der Waals surface area contributed by atoms with E-state index in [1.54, 1.807) is 0 Å². The van der Waals surface area contributed by atoms with Crippen molar-refractivity contribution in [2.24, 2.45) is 10.9 Å². The van der Waals surface area contributed by atoms with Crippen molar-refractivity contribution in [1.82, 2.24) is 10.2 Å². The molecule has 0 amide bonds. The minimum Gasteiger partial charge on any atom is -0.381 e. The van der Waals surface area contributed by atoms with Gasteiger partial charge in [0.25, 0.3) is 0 Å². The van der Waals surface area contributed by atoms with Crippen molar-refractivity contribution in [2.75, 3.05) is 46.5 Å². The molecule has 24 heavy (non-hydrogen) atoms. The molecule has 1 unspecified atom stereocenters. The summed E-state index contributed by atoms with van der Waals surface area (Å²) in [6.07, 6.45) is 9.55. The summed E-state index contributed by atoms with van der Waals surface area (Å²) in [4.78, 5) is 6.76. The van der Waals surface area contributed by atoms with Gasteiger partial charge in [-0.1, -0.05) is 25.7 Å². The van der Waals surface area contributed by atoms with E-state index in [0.717, 1.165) is 45.4 Å². The third-order valence-corrected chi connectivity index (χ3v) is 4.90.